The largest absolute Gasteiger partial charge is 0.464 e. The number of ether oxygens (including phenoxy) is 1. The van der Waals surface area contributed by atoms with E-state index in [1.54, 1.807) is 24.3 Å². The lowest BCUT2D eigenvalue weighted by atomic mass is 9.82. The molecule has 32 heavy (non-hydrogen) atoms. The van der Waals surface area contributed by atoms with E-state index in [2.05, 4.69) is 20.8 Å². The fourth-order valence-corrected chi connectivity index (χ4v) is 3.52. The molecule has 0 atom stereocenters. The Kier molecular flexibility index (Phi) is 5.82. The minimum atomic E-state index is -0.436. The Labute approximate surface area is 188 Å². The Balaban J connectivity index is 1.65. The second kappa shape index (κ2) is 8.71. The topological polar surface area (TPSA) is 49.9 Å². The Hall–Kier alpha value is -3.86. The third kappa shape index (κ3) is 4.02. The molecule has 1 aliphatic rings. The smallest absolute Gasteiger partial charge is 0.286 e. The molecule has 0 N–H and O–H groups in total. The van der Waals surface area contributed by atoms with Gasteiger partial charge in [-0.25, -0.2) is 10.0 Å². The van der Waals surface area contributed by atoms with Crippen molar-refractivity contribution in [3.63, 3.8) is 0 Å². The highest BCUT2D eigenvalue weighted by Crippen LogP contribution is 2.32. The molecular formula is C27H26N2O3. The monoisotopic (exact) mass is 426 g/mol. The van der Waals surface area contributed by atoms with Crippen LogP contribution < -0.4 is 14.8 Å². The first-order chi connectivity index (χ1) is 15.4. The van der Waals surface area contributed by atoms with Gasteiger partial charge in [-0.05, 0) is 53.8 Å². The van der Waals surface area contributed by atoms with Crippen LogP contribution in [-0.2, 0) is 15.0 Å². The Morgan fingerprint density at radius 1 is 0.750 bits per heavy atom. The van der Waals surface area contributed by atoms with Crippen LogP contribution in [0.4, 0.5) is 11.4 Å². The van der Waals surface area contributed by atoms with E-state index in [0.29, 0.717) is 17.1 Å². The first-order valence-electron chi connectivity index (χ1n) is 10.7. The normalized spacial score (nSPS) is 14.2. The Morgan fingerprint density at radius 2 is 1.22 bits per heavy atom. The molecule has 0 aliphatic carbocycles. The summed E-state index contributed by atoms with van der Waals surface area (Å²) in [5.74, 6) is -0.305. The number of rotatable bonds is 6. The highest BCUT2D eigenvalue weighted by molar-refractivity contribution is 6.35. The van der Waals surface area contributed by atoms with Gasteiger partial charge < -0.3 is 4.74 Å². The van der Waals surface area contributed by atoms with Gasteiger partial charge in [0.25, 0.3) is 11.8 Å². The quantitative estimate of drug-likeness (QED) is 0.291. The van der Waals surface area contributed by atoms with Crippen LogP contribution in [0.3, 0.4) is 0 Å². The van der Waals surface area contributed by atoms with E-state index in [-0.39, 0.29) is 11.0 Å². The van der Waals surface area contributed by atoms with E-state index in [0.717, 1.165) is 6.42 Å². The van der Waals surface area contributed by atoms with Crippen molar-refractivity contribution in [1.29, 1.82) is 0 Å². The van der Waals surface area contributed by atoms with E-state index in [1.807, 2.05) is 60.7 Å². The van der Waals surface area contributed by atoms with E-state index in [1.165, 1.54) is 21.8 Å². The number of hydrogen-bond acceptors (Lipinski definition) is 3. The zero-order chi connectivity index (χ0) is 22.7. The van der Waals surface area contributed by atoms with E-state index < -0.39 is 11.8 Å². The maximum Gasteiger partial charge on any atom is 0.286 e. The van der Waals surface area contributed by atoms with Crippen LogP contribution in [0.15, 0.2) is 96.8 Å². The van der Waals surface area contributed by atoms with Gasteiger partial charge in [0.2, 0.25) is 0 Å². The van der Waals surface area contributed by atoms with Crippen LogP contribution in [0.25, 0.3) is 0 Å². The number of hydrazine groups is 1. The summed E-state index contributed by atoms with van der Waals surface area (Å²) in [5.41, 5.74) is 2.45. The number of anilines is 2. The van der Waals surface area contributed by atoms with Gasteiger partial charge in [0.15, 0.2) is 0 Å². The number of benzene rings is 3. The molecule has 3 aromatic rings. The van der Waals surface area contributed by atoms with Gasteiger partial charge in [0.1, 0.15) is 17.6 Å². The molecule has 0 aromatic heterocycles. The lowest BCUT2D eigenvalue weighted by Crippen LogP contribution is -2.41. The number of para-hydroxylation sites is 2. The summed E-state index contributed by atoms with van der Waals surface area (Å²) in [6, 6.07) is 25.9. The molecule has 1 heterocycles. The van der Waals surface area contributed by atoms with Gasteiger partial charge in [-0.2, -0.15) is 0 Å². The number of carbonyl (C=O) groups excluding carboxylic acids is 2. The maximum atomic E-state index is 13.3. The molecule has 5 heteroatoms. The van der Waals surface area contributed by atoms with Crippen molar-refractivity contribution in [2.24, 2.45) is 0 Å². The number of nitrogens with zero attached hydrogens (tertiary/aromatic N) is 2. The van der Waals surface area contributed by atoms with E-state index in [9.17, 15) is 9.59 Å². The molecule has 0 saturated carbocycles. The van der Waals surface area contributed by atoms with Crippen molar-refractivity contribution in [2.75, 3.05) is 10.0 Å². The molecule has 4 rings (SSSR count). The predicted octanol–water partition coefficient (Wildman–Crippen LogP) is 5.63. The van der Waals surface area contributed by atoms with Crippen LogP contribution >= 0.6 is 0 Å². The number of hydrogen-bond donors (Lipinski definition) is 0. The van der Waals surface area contributed by atoms with Gasteiger partial charge in [-0.15, -0.1) is 0 Å². The summed E-state index contributed by atoms with van der Waals surface area (Å²) in [4.78, 5) is 26.5. The van der Waals surface area contributed by atoms with Crippen LogP contribution in [-0.4, -0.2) is 11.8 Å². The van der Waals surface area contributed by atoms with Crippen LogP contribution in [0, 0.1) is 0 Å². The molecule has 0 radical (unpaired) electrons. The molecule has 2 amide bonds. The molecule has 0 unspecified atom stereocenters. The average molecular weight is 427 g/mol. The fourth-order valence-electron chi connectivity index (χ4n) is 3.52. The van der Waals surface area contributed by atoms with Crippen molar-refractivity contribution in [3.05, 3.63) is 102 Å². The summed E-state index contributed by atoms with van der Waals surface area (Å²) in [6.45, 7) is 6.54. The summed E-state index contributed by atoms with van der Waals surface area (Å²) >= 11 is 0. The molecule has 162 valence electrons. The lowest BCUT2D eigenvalue weighted by molar-refractivity contribution is -0.116. The van der Waals surface area contributed by atoms with Crippen molar-refractivity contribution >= 4 is 23.2 Å². The van der Waals surface area contributed by atoms with Gasteiger partial charge in [-0.3, -0.25) is 9.59 Å². The Bertz CT molecular complexity index is 1080. The minimum absolute atomic E-state index is 0.0318. The minimum Gasteiger partial charge on any atom is -0.464 e. The van der Waals surface area contributed by atoms with Crippen molar-refractivity contribution in [3.8, 4) is 5.75 Å². The maximum absolute atomic E-state index is 13.3. The lowest BCUT2D eigenvalue weighted by Gasteiger charge is -2.27. The average Bonchev–Trinajstić information content (AvgIpc) is 3.08. The molecule has 1 saturated heterocycles. The summed E-state index contributed by atoms with van der Waals surface area (Å²) < 4.78 is 5.74. The summed E-state index contributed by atoms with van der Waals surface area (Å²) in [5, 5.41) is 2.75. The summed E-state index contributed by atoms with van der Waals surface area (Å²) in [7, 11) is 0. The van der Waals surface area contributed by atoms with Crippen molar-refractivity contribution in [1.82, 2.24) is 0 Å². The molecule has 5 nitrogen and oxygen atoms in total. The highest BCUT2D eigenvalue weighted by Gasteiger charge is 2.43. The SMILES string of the molecule is CCC(C)(C)c1ccc(OC=C2C(=O)N(c3ccccc3)N(c3ccccc3)C2=O)cc1. The van der Waals surface area contributed by atoms with Gasteiger partial charge in [0, 0.05) is 0 Å². The third-order valence-electron chi connectivity index (χ3n) is 5.88. The summed E-state index contributed by atoms with van der Waals surface area (Å²) in [6.07, 6.45) is 2.27. The van der Waals surface area contributed by atoms with E-state index >= 15 is 0 Å². The second-order valence-corrected chi connectivity index (χ2v) is 8.32. The number of amides is 2. The first-order valence-corrected chi connectivity index (χ1v) is 10.7. The molecule has 0 spiro atoms. The van der Waals surface area contributed by atoms with Gasteiger partial charge in [-0.1, -0.05) is 69.3 Å². The zero-order valence-corrected chi connectivity index (χ0v) is 18.5. The Morgan fingerprint density at radius 3 is 1.66 bits per heavy atom. The standard InChI is InChI=1S/C27H26N2O3/c1-4-27(2,3)20-15-17-23(18-16-20)32-19-24-25(30)28(21-11-7-5-8-12-21)29(26(24)31)22-13-9-6-10-14-22/h5-19H,4H2,1-3H3. The molecule has 3 aromatic carbocycles. The number of carbonyl (C=O) groups is 2. The third-order valence-corrected chi connectivity index (χ3v) is 5.88. The van der Waals surface area contributed by atoms with Crippen LogP contribution in [0.2, 0.25) is 0 Å². The molecule has 0 bridgehead atoms. The molecular weight excluding hydrogens is 400 g/mol. The highest BCUT2D eigenvalue weighted by atomic mass is 16.5. The predicted molar refractivity (Wildman–Crippen MR) is 126 cm³/mol. The first kappa shape index (κ1) is 21.4. The van der Waals surface area contributed by atoms with Crippen molar-refractivity contribution < 1.29 is 14.3 Å². The van der Waals surface area contributed by atoms with E-state index in [4.69, 9.17) is 4.74 Å². The fraction of sp³-hybridized carbons (Fsp3) is 0.185. The molecule has 1 aliphatic heterocycles. The second-order valence-electron chi connectivity index (χ2n) is 8.32. The van der Waals surface area contributed by atoms with Gasteiger partial charge in [0.05, 0.1) is 11.4 Å². The molecule has 1 fully saturated rings. The van der Waals surface area contributed by atoms with Crippen LogP contribution in [0.5, 0.6) is 5.75 Å². The zero-order valence-electron chi connectivity index (χ0n) is 18.5. The van der Waals surface area contributed by atoms with Crippen molar-refractivity contribution in [2.45, 2.75) is 32.6 Å². The van der Waals surface area contributed by atoms with Gasteiger partial charge >= 0.3 is 0 Å². The van der Waals surface area contributed by atoms with Crippen LogP contribution in [0.1, 0.15) is 32.8 Å².